The van der Waals surface area contributed by atoms with Gasteiger partial charge in [0.1, 0.15) is 24.4 Å². The van der Waals surface area contributed by atoms with Gasteiger partial charge >= 0.3 is 12.3 Å². The van der Waals surface area contributed by atoms with E-state index in [1.54, 1.807) is 20.8 Å². The Hall–Kier alpha value is -2.33. The number of hydrogen-bond acceptors (Lipinski definition) is 4. The number of halogens is 4. The average molecular weight is 380 g/mol. The fraction of sp³-hybridized carbons (Fsp3) is 0.667. The van der Waals surface area contributed by atoms with Crippen molar-refractivity contribution in [3.05, 3.63) is 12.3 Å². The SMILES string of the molecule is CC(C)(C)OC(=O)N1C[C@H](F)C[C@H]1C(=O)Nc1ccn(CC(F)(F)F)n1. The number of carbonyl (C=O) groups is 2. The highest BCUT2D eigenvalue weighted by atomic mass is 19.4. The molecule has 0 saturated carbocycles. The van der Waals surface area contributed by atoms with Crippen LogP contribution < -0.4 is 5.32 Å². The van der Waals surface area contributed by atoms with E-state index < -0.39 is 42.5 Å². The summed E-state index contributed by atoms with van der Waals surface area (Å²) in [5, 5.41) is 5.90. The summed E-state index contributed by atoms with van der Waals surface area (Å²) in [6, 6.07) is 0.0520. The normalized spacial score (nSPS) is 21.0. The molecular weight excluding hydrogens is 360 g/mol. The second-order valence-corrected chi connectivity index (χ2v) is 6.98. The van der Waals surface area contributed by atoms with Gasteiger partial charge in [-0.25, -0.2) is 9.18 Å². The fourth-order valence-corrected chi connectivity index (χ4v) is 2.47. The molecule has 1 aromatic rings. The molecule has 1 aliphatic rings. The maximum absolute atomic E-state index is 13.7. The summed E-state index contributed by atoms with van der Waals surface area (Å²) in [5.41, 5.74) is -0.817. The minimum atomic E-state index is -4.45. The molecule has 2 rings (SSSR count). The third kappa shape index (κ3) is 5.60. The molecule has 1 saturated heterocycles. The average Bonchev–Trinajstić information content (AvgIpc) is 3.01. The summed E-state index contributed by atoms with van der Waals surface area (Å²) < 4.78 is 56.5. The van der Waals surface area contributed by atoms with Crippen molar-refractivity contribution in [2.45, 2.75) is 57.7 Å². The van der Waals surface area contributed by atoms with Crippen LogP contribution in [0.1, 0.15) is 27.2 Å². The van der Waals surface area contributed by atoms with Crippen LogP contribution in [0, 0.1) is 0 Å². The van der Waals surface area contributed by atoms with Crippen LogP contribution in [0.25, 0.3) is 0 Å². The van der Waals surface area contributed by atoms with Gasteiger partial charge in [0.15, 0.2) is 5.82 Å². The number of ether oxygens (including phenoxy) is 1. The van der Waals surface area contributed by atoms with Gasteiger partial charge in [0.25, 0.3) is 0 Å². The first-order valence-corrected chi connectivity index (χ1v) is 7.89. The van der Waals surface area contributed by atoms with E-state index in [-0.39, 0.29) is 18.8 Å². The first-order chi connectivity index (χ1) is 11.8. The van der Waals surface area contributed by atoms with Gasteiger partial charge in [-0.15, -0.1) is 0 Å². The van der Waals surface area contributed by atoms with Crippen LogP contribution in [0.2, 0.25) is 0 Å². The maximum Gasteiger partial charge on any atom is 0.411 e. The van der Waals surface area contributed by atoms with E-state index in [0.717, 1.165) is 11.1 Å². The van der Waals surface area contributed by atoms with E-state index in [0.29, 0.717) is 4.68 Å². The third-order valence-corrected chi connectivity index (χ3v) is 3.41. The van der Waals surface area contributed by atoms with Crippen LogP contribution >= 0.6 is 0 Å². The number of nitrogens with zero attached hydrogens (tertiary/aromatic N) is 3. The molecule has 2 amide bonds. The predicted octanol–water partition coefficient (Wildman–Crippen LogP) is 2.73. The molecule has 146 valence electrons. The Kier molecular flexibility index (Phi) is 5.47. The van der Waals surface area contributed by atoms with Gasteiger partial charge in [-0.1, -0.05) is 0 Å². The Balaban J connectivity index is 2.04. The van der Waals surface area contributed by atoms with Gasteiger partial charge in [-0.2, -0.15) is 18.3 Å². The van der Waals surface area contributed by atoms with E-state index in [2.05, 4.69) is 10.4 Å². The summed E-state index contributed by atoms with van der Waals surface area (Å²) in [6.45, 7) is 3.31. The monoisotopic (exact) mass is 380 g/mol. The standard InChI is InChI=1S/C15H20F4N4O3/c1-14(2,3)26-13(25)23-7-9(16)6-10(23)12(24)20-11-4-5-22(21-11)8-15(17,18)19/h4-5,9-10H,6-8H2,1-3H3,(H,20,21,24)/t9-,10+/m1/s1. The highest BCUT2D eigenvalue weighted by molar-refractivity contribution is 5.96. The zero-order valence-corrected chi connectivity index (χ0v) is 14.5. The van der Waals surface area contributed by atoms with E-state index in [1.165, 1.54) is 6.07 Å². The van der Waals surface area contributed by atoms with Crippen molar-refractivity contribution in [3.63, 3.8) is 0 Å². The zero-order valence-electron chi connectivity index (χ0n) is 14.5. The number of likely N-dealkylation sites (tertiary alicyclic amines) is 1. The lowest BCUT2D eigenvalue weighted by atomic mass is 10.2. The summed E-state index contributed by atoms with van der Waals surface area (Å²) >= 11 is 0. The van der Waals surface area contributed by atoms with Gasteiger partial charge < -0.3 is 10.1 Å². The number of hydrogen-bond donors (Lipinski definition) is 1. The van der Waals surface area contributed by atoms with Crippen molar-refractivity contribution < 1.29 is 31.9 Å². The van der Waals surface area contributed by atoms with E-state index in [4.69, 9.17) is 4.74 Å². The number of aromatic nitrogens is 2. The van der Waals surface area contributed by atoms with Gasteiger partial charge in [-0.3, -0.25) is 14.4 Å². The molecule has 11 heteroatoms. The highest BCUT2D eigenvalue weighted by Crippen LogP contribution is 2.24. The summed E-state index contributed by atoms with van der Waals surface area (Å²) in [4.78, 5) is 25.5. The molecule has 0 bridgehead atoms. The molecule has 2 atom stereocenters. The van der Waals surface area contributed by atoms with Crippen molar-refractivity contribution in [1.29, 1.82) is 0 Å². The van der Waals surface area contributed by atoms with Gasteiger partial charge in [-0.05, 0) is 20.8 Å². The number of nitrogens with one attached hydrogen (secondary N) is 1. The van der Waals surface area contributed by atoms with Crippen molar-refractivity contribution in [1.82, 2.24) is 14.7 Å². The molecule has 1 aliphatic heterocycles. The van der Waals surface area contributed by atoms with Crippen LogP contribution in [0.4, 0.5) is 28.2 Å². The topological polar surface area (TPSA) is 76.5 Å². The summed E-state index contributed by atoms with van der Waals surface area (Å²) in [6.07, 6.45) is -5.86. The van der Waals surface area contributed by atoms with Crippen molar-refractivity contribution >= 4 is 17.8 Å². The summed E-state index contributed by atoms with van der Waals surface area (Å²) in [5.74, 6) is -0.862. The first kappa shape index (κ1) is 20.0. The second-order valence-electron chi connectivity index (χ2n) is 6.98. The number of alkyl halides is 4. The molecule has 1 aromatic heterocycles. The Morgan fingerprint density at radius 1 is 1.35 bits per heavy atom. The van der Waals surface area contributed by atoms with E-state index >= 15 is 0 Å². The number of rotatable bonds is 3. The van der Waals surface area contributed by atoms with Crippen LogP contribution in [-0.2, 0) is 16.1 Å². The fourth-order valence-electron chi connectivity index (χ4n) is 2.47. The minimum Gasteiger partial charge on any atom is -0.444 e. The predicted molar refractivity (Wildman–Crippen MR) is 83.2 cm³/mol. The largest absolute Gasteiger partial charge is 0.444 e. The number of amides is 2. The van der Waals surface area contributed by atoms with Crippen LogP contribution in [0.5, 0.6) is 0 Å². The molecular formula is C15H20F4N4O3. The third-order valence-electron chi connectivity index (χ3n) is 3.41. The number of anilines is 1. The zero-order chi connectivity index (χ0) is 19.7. The van der Waals surface area contributed by atoms with Crippen molar-refractivity contribution in [2.24, 2.45) is 0 Å². The van der Waals surface area contributed by atoms with E-state index in [1.807, 2.05) is 0 Å². The smallest absolute Gasteiger partial charge is 0.411 e. The van der Waals surface area contributed by atoms with Crippen molar-refractivity contribution in [3.8, 4) is 0 Å². The Morgan fingerprint density at radius 2 is 2.00 bits per heavy atom. The van der Waals surface area contributed by atoms with Gasteiger partial charge in [0.2, 0.25) is 5.91 Å². The molecule has 26 heavy (non-hydrogen) atoms. The lowest BCUT2D eigenvalue weighted by Gasteiger charge is -2.27. The van der Waals surface area contributed by atoms with Crippen LogP contribution in [0.3, 0.4) is 0 Å². The molecule has 2 heterocycles. The highest BCUT2D eigenvalue weighted by Gasteiger charge is 2.42. The Labute approximate surface area is 147 Å². The van der Waals surface area contributed by atoms with Gasteiger partial charge in [0, 0.05) is 18.7 Å². The Morgan fingerprint density at radius 3 is 2.58 bits per heavy atom. The lowest BCUT2D eigenvalue weighted by Crippen LogP contribution is -2.45. The first-order valence-electron chi connectivity index (χ1n) is 7.89. The molecule has 0 aromatic carbocycles. The molecule has 1 N–H and O–H groups in total. The lowest BCUT2D eigenvalue weighted by molar-refractivity contribution is -0.142. The van der Waals surface area contributed by atoms with Crippen molar-refractivity contribution in [2.75, 3.05) is 11.9 Å². The summed E-state index contributed by atoms with van der Waals surface area (Å²) in [7, 11) is 0. The molecule has 1 fully saturated rings. The molecule has 0 aliphatic carbocycles. The second kappa shape index (κ2) is 7.12. The quantitative estimate of drug-likeness (QED) is 0.818. The molecule has 0 unspecified atom stereocenters. The number of carbonyl (C=O) groups excluding carboxylic acids is 2. The molecule has 7 nitrogen and oxygen atoms in total. The Bertz CT molecular complexity index is 669. The van der Waals surface area contributed by atoms with Crippen LogP contribution in [-0.4, -0.2) is 57.2 Å². The molecule has 0 radical (unpaired) electrons. The molecule has 0 spiro atoms. The van der Waals surface area contributed by atoms with Crippen LogP contribution in [0.15, 0.2) is 12.3 Å². The maximum atomic E-state index is 13.7. The minimum absolute atomic E-state index is 0.120. The van der Waals surface area contributed by atoms with Gasteiger partial charge in [0.05, 0.1) is 6.54 Å². The van der Waals surface area contributed by atoms with E-state index in [9.17, 15) is 27.2 Å².